The third-order valence-corrected chi connectivity index (χ3v) is 4.12. The quantitative estimate of drug-likeness (QED) is 0.848. The fourth-order valence-corrected chi connectivity index (χ4v) is 2.74. The highest BCUT2D eigenvalue weighted by atomic mass is 16.5. The van der Waals surface area contributed by atoms with Crippen LogP contribution in [0.15, 0.2) is 4.52 Å². The van der Waals surface area contributed by atoms with Crippen molar-refractivity contribution >= 4 is 11.9 Å². The van der Waals surface area contributed by atoms with Crippen LogP contribution in [0.3, 0.4) is 0 Å². The van der Waals surface area contributed by atoms with Crippen molar-refractivity contribution in [2.75, 3.05) is 39.3 Å². The van der Waals surface area contributed by atoms with Crippen molar-refractivity contribution in [3.63, 3.8) is 0 Å². The maximum absolute atomic E-state index is 12.5. The van der Waals surface area contributed by atoms with Crippen molar-refractivity contribution in [1.82, 2.24) is 19.9 Å². The molecule has 0 radical (unpaired) electrons. The number of amides is 3. The van der Waals surface area contributed by atoms with Gasteiger partial charge in [-0.3, -0.25) is 4.79 Å². The fourth-order valence-electron chi connectivity index (χ4n) is 2.74. The summed E-state index contributed by atoms with van der Waals surface area (Å²) in [5.41, 5.74) is 1.16. The summed E-state index contributed by atoms with van der Waals surface area (Å²) in [4.78, 5) is 30.2. The molecule has 1 aliphatic rings. The van der Waals surface area contributed by atoms with Gasteiger partial charge in [-0.15, -0.1) is 0 Å². The van der Waals surface area contributed by atoms with Crippen LogP contribution < -0.4 is 0 Å². The van der Waals surface area contributed by atoms with Crippen LogP contribution in [0.5, 0.6) is 0 Å². The Hall–Kier alpha value is -2.05. The van der Waals surface area contributed by atoms with Gasteiger partial charge >= 0.3 is 6.03 Å². The maximum Gasteiger partial charge on any atom is 0.320 e. The molecule has 2 heterocycles. The predicted octanol–water partition coefficient (Wildman–Crippen LogP) is 1.51. The molecule has 0 unspecified atom stereocenters. The standard InChI is InChI=1S/C15H24N4O3/c1-5-17(6-2)15(21)19-9-7-18(8-10-19)14(20)13-11(3)16-22-12(13)4/h5-10H2,1-4H3. The molecule has 0 aromatic carbocycles. The number of hydrogen-bond acceptors (Lipinski definition) is 4. The van der Waals surface area contributed by atoms with Crippen molar-refractivity contribution in [3.05, 3.63) is 17.0 Å². The van der Waals surface area contributed by atoms with Gasteiger partial charge < -0.3 is 19.2 Å². The zero-order chi connectivity index (χ0) is 16.3. The second-order valence-electron chi connectivity index (χ2n) is 5.43. The normalized spacial score (nSPS) is 15.1. The largest absolute Gasteiger partial charge is 0.361 e. The van der Waals surface area contributed by atoms with Gasteiger partial charge in [-0.1, -0.05) is 5.16 Å². The monoisotopic (exact) mass is 308 g/mol. The van der Waals surface area contributed by atoms with E-state index in [1.54, 1.807) is 23.6 Å². The van der Waals surface area contributed by atoms with E-state index in [-0.39, 0.29) is 11.9 Å². The van der Waals surface area contributed by atoms with Crippen LogP contribution in [0, 0.1) is 13.8 Å². The molecule has 0 spiro atoms. The zero-order valence-corrected chi connectivity index (χ0v) is 13.8. The molecule has 1 saturated heterocycles. The van der Waals surface area contributed by atoms with Gasteiger partial charge in [0.05, 0.1) is 5.69 Å². The molecule has 7 nitrogen and oxygen atoms in total. The van der Waals surface area contributed by atoms with Crippen LogP contribution in [0.2, 0.25) is 0 Å². The first-order valence-electron chi connectivity index (χ1n) is 7.75. The van der Waals surface area contributed by atoms with Gasteiger partial charge in [0.15, 0.2) is 0 Å². The van der Waals surface area contributed by atoms with E-state index in [0.29, 0.717) is 56.3 Å². The molecular weight excluding hydrogens is 284 g/mol. The van der Waals surface area contributed by atoms with Crippen LogP contribution in [-0.4, -0.2) is 71.1 Å². The Morgan fingerprint density at radius 2 is 1.64 bits per heavy atom. The minimum atomic E-state index is -0.0637. The lowest BCUT2D eigenvalue weighted by Crippen LogP contribution is -2.54. The Kier molecular flexibility index (Phi) is 5.05. The third-order valence-electron chi connectivity index (χ3n) is 4.12. The predicted molar refractivity (Wildman–Crippen MR) is 81.8 cm³/mol. The first kappa shape index (κ1) is 16.3. The van der Waals surface area contributed by atoms with Crippen LogP contribution in [0.25, 0.3) is 0 Å². The Morgan fingerprint density at radius 1 is 1.09 bits per heavy atom. The van der Waals surface area contributed by atoms with Crippen molar-refractivity contribution < 1.29 is 14.1 Å². The highest BCUT2D eigenvalue weighted by Crippen LogP contribution is 2.16. The van der Waals surface area contributed by atoms with E-state index in [1.165, 1.54) is 0 Å². The van der Waals surface area contributed by atoms with E-state index in [4.69, 9.17) is 4.52 Å². The van der Waals surface area contributed by atoms with E-state index in [0.717, 1.165) is 0 Å². The number of urea groups is 1. The minimum absolute atomic E-state index is 0.0504. The highest BCUT2D eigenvalue weighted by molar-refractivity contribution is 5.96. The number of hydrogen-bond donors (Lipinski definition) is 0. The van der Waals surface area contributed by atoms with E-state index < -0.39 is 0 Å². The molecule has 0 atom stereocenters. The summed E-state index contributed by atoms with van der Waals surface area (Å²) >= 11 is 0. The smallest absolute Gasteiger partial charge is 0.320 e. The number of aryl methyl sites for hydroxylation is 2. The molecule has 1 aliphatic heterocycles. The lowest BCUT2D eigenvalue weighted by Gasteiger charge is -2.37. The lowest BCUT2D eigenvalue weighted by molar-refractivity contribution is 0.0639. The second kappa shape index (κ2) is 6.81. The summed E-state index contributed by atoms with van der Waals surface area (Å²) in [5.74, 6) is 0.482. The van der Waals surface area contributed by atoms with Gasteiger partial charge in [0, 0.05) is 39.3 Å². The molecule has 0 bridgehead atoms. The topological polar surface area (TPSA) is 69.9 Å². The second-order valence-corrected chi connectivity index (χ2v) is 5.43. The molecule has 3 amide bonds. The number of carbonyl (C=O) groups excluding carboxylic acids is 2. The minimum Gasteiger partial charge on any atom is -0.361 e. The summed E-state index contributed by atoms with van der Waals surface area (Å²) < 4.78 is 5.06. The molecule has 7 heteroatoms. The Morgan fingerprint density at radius 3 is 2.09 bits per heavy atom. The van der Waals surface area contributed by atoms with Gasteiger partial charge in [0.2, 0.25) is 0 Å². The summed E-state index contributed by atoms with van der Waals surface area (Å²) in [7, 11) is 0. The summed E-state index contributed by atoms with van der Waals surface area (Å²) in [5, 5.41) is 3.83. The average molecular weight is 308 g/mol. The van der Waals surface area contributed by atoms with Crippen molar-refractivity contribution in [2.45, 2.75) is 27.7 Å². The SMILES string of the molecule is CCN(CC)C(=O)N1CCN(C(=O)c2c(C)noc2C)CC1. The molecule has 1 aromatic heterocycles. The lowest BCUT2D eigenvalue weighted by atomic mass is 10.1. The summed E-state index contributed by atoms with van der Waals surface area (Å²) in [6.07, 6.45) is 0. The van der Waals surface area contributed by atoms with Crippen LogP contribution in [0.1, 0.15) is 35.7 Å². The van der Waals surface area contributed by atoms with Gasteiger partial charge in [-0.25, -0.2) is 4.79 Å². The van der Waals surface area contributed by atoms with Crippen LogP contribution >= 0.6 is 0 Å². The van der Waals surface area contributed by atoms with Crippen molar-refractivity contribution in [1.29, 1.82) is 0 Å². The number of piperazine rings is 1. The average Bonchev–Trinajstić information content (AvgIpc) is 2.87. The Labute approximate surface area is 130 Å². The Bertz CT molecular complexity index is 523. The van der Waals surface area contributed by atoms with Gasteiger partial charge in [0.25, 0.3) is 5.91 Å². The first-order valence-corrected chi connectivity index (χ1v) is 7.75. The zero-order valence-electron chi connectivity index (χ0n) is 13.8. The van der Waals surface area contributed by atoms with E-state index in [2.05, 4.69) is 5.16 Å². The Balaban J connectivity index is 1.98. The van der Waals surface area contributed by atoms with Crippen LogP contribution in [-0.2, 0) is 0 Å². The van der Waals surface area contributed by atoms with E-state index in [9.17, 15) is 9.59 Å². The van der Waals surface area contributed by atoms with Gasteiger partial charge in [-0.05, 0) is 27.7 Å². The third kappa shape index (κ3) is 3.08. The summed E-state index contributed by atoms with van der Waals surface area (Å²) in [6, 6.07) is 0.0504. The van der Waals surface area contributed by atoms with E-state index >= 15 is 0 Å². The molecule has 0 N–H and O–H groups in total. The number of rotatable bonds is 3. The first-order chi connectivity index (χ1) is 10.5. The van der Waals surface area contributed by atoms with Crippen molar-refractivity contribution in [2.24, 2.45) is 0 Å². The molecule has 0 saturated carbocycles. The molecule has 1 aromatic rings. The van der Waals surface area contributed by atoms with Crippen molar-refractivity contribution in [3.8, 4) is 0 Å². The highest BCUT2D eigenvalue weighted by Gasteiger charge is 2.29. The van der Waals surface area contributed by atoms with Gasteiger partial charge in [-0.2, -0.15) is 0 Å². The molecule has 1 fully saturated rings. The van der Waals surface area contributed by atoms with Gasteiger partial charge in [0.1, 0.15) is 11.3 Å². The number of carbonyl (C=O) groups is 2. The molecule has 2 rings (SSSR count). The van der Waals surface area contributed by atoms with Crippen LogP contribution in [0.4, 0.5) is 4.79 Å². The number of aromatic nitrogens is 1. The number of nitrogens with zero attached hydrogens (tertiary/aromatic N) is 4. The van der Waals surface area contributed by atoms with E-state index in [1.807, 2.05) is 18.7 Å². The summed E-state index contributed by atoms with van der Waals surface area (Å²) in [6.45, 7) is 11.1. The fraction of sp³-hybridized carbons (Fsp3) is 0.667. The molecule has 0 aliphatic carbocycles. The molecule has 22 heavy (non-hydrogen) atoms. The molecular formula is C15H24N4O3. The maximum atomic E-state index is 12.5. The molecule has 122 valence electrons.